The molecule has 1 saturated heterocycles. The van der Waals surface area contributed by atoms with Crippen LogP contribution in [0.5, 0.6) is 5.75 Å². The van der Waals surface area contributed by atoms with Crippen molar-refractivity contribution in [2.75, 3.05) is 7.05 Å². The standard InChI is InChI=1S/C24H25FN2O2S/c1-26-22(23(28)27(24(26)30)20-5-3-2-4-6-20)15-17-9-13-21(14-10-17)29-16-18-7-11-19(25)12-8-18/h7-15,20H,2-6,16H2,1H3/b22-15-. The number of amides is 1. The number of hydrogen-bond donors (Lipinski definition) is 0. The minimum absolute atomic E-state index is 0.00830. The molecule has 6 heteroatoms. The van der Waals surface area contributed by atoms with Gasteiger partial charge in [-0.15, -0.1) is 0 Å². The van der Waals surface area contributed by atoms with Gasteiger partial charge in [-0.1, -0.05) is 43.5 Å². The quantitative estimate of drug-likeness (QED) is 0.492. The highest BCUT2D eigenvalue weighted by Crippen LogP contribution is 2.30. The molecule has 1 aliphatic carbocycles. The lowest BCUT2D eigenvalue weighted by molar-refractivity contribution is -0.124. The lowest BCUT2D eigenvalue weighted by Crippen LogP contribution is -2.41. The van der Waals surface area contributed by atoms with Crippen molar-refractivity contribution in [1.29, 1.82) is 0 Å². The van der Waals surface area contributed by atoms with Crippen LogP contribution < -0.4 is 4.74 Å². The normalized spacial score (nSPS) is 19.1. The molecule has 0 N–H and O–H groups in total. The third-order valence-corrected chi connectivity index (χ3v) is 6.20. The third-order valence-electron chi connectivity index (χ3n) is 5.73. The smallest absolute Gasteiger partial charge is 0.277 e. The van der Waals surface area contributed by atoms with E-state index in [1.165, 1.54) is 18.6 Å². The zero-order valence-corrected chi connectivity index (χ0v) is 17.8. The summed E-state index contributed by atoms with van der Waals surface area (Å²) in [6, 6.07) is 14.0. The maximum atomic E-state index is 13.1. The topological polar surface area (TPSA) is 32.8 Å². The molecule has 0 bridgehead atoms. The molecule has 4 nitrogen and oxygen atoms in total. The van der Waals surface area contributed by atoms with Crippen LogP contribution in [0, 0.1) is 5.82 Å². The molecule has 1 aliphatic heterocycles. The number of nitrogens with zero attached hydrogens (tertiary/aromatic N) is 2. The van der Waals surface area contributed by atoms with E-state index in [4.69, 9.17) is 17.0 Å². The molecule has 1 heterocycles. The number of carbonyl (C=O) groups excluding carboxylic acids is 1. The fraction of sp³-hybridized carbons (Fsp3) is 0.333. The van der Waals surface area contributed by atoms with Crippen molar-refractivity contribution in [3.63, 3.8) is 0 Å². The van der Waals surface area contributed by atoms with Crippen molar-refractivity contribution in [2.45, 2.75) is 44.8 Å². The van der Waals surface area contributed by atoms with Crippen LogP contribution in [-0.4, -0.2) is 33.9 Å². The Balaban J connectivity index is 1.44. The summed E-state index contributed by atoms with van der Waals surface area (Å²) < 4.78 is 18.7. The number of ether oxygens (including phenoxy) is 1. The van der Waals surface area contributed by atoms with Gasteiger partial charge in [0, 0.05) is 13.1 Å². The summed E-state index contributed by atoms with van der Waals surface area (Å²) in [4.78, 5) is 16.7. The molecule has 156 valence electrons. The van der Waals surface area contributed by atoms with Crippen molar-refractivity contribution in [1.82, 2.24) is 9.80 Å². The lowest BCUT2D eigenvalue weighted by atomic mass is 9.94. The molecule has 0 spiro atoms. The van der Waals surface area contributed by atoms with Crippen LogP contribution in [0.3, 0.4) is 0 Å². The van der Waals surface area contributed by atoms with E-state index in [0.717, 1.165) is 36.8 Å². The highest BCUT2D eigenvalue weighted by atomic mass is 32.1. The predicted molar refractivity (Wildman–Crippen MR) is 119 cm³/mol. The van der Waals surface area contributed by atoms with E-state index in [1.807, 2.05) is 42.3 Å². The Morgan fingerprint density at radius 2 is 1.73 bits per heavy atom. The van der Waals surface area contributed by atoms with E-state index >= 15 is 0 Å². The number of benzene rings is 2. The maximum absolute atomic E-state index is 13.1. The van der Waals surface area contributed by atoms with Crippen molar-refractivity contribution in [3.05, 3.63) is 71.2 Å². The van der Waals surface area contributed by atoms with E-state index in [1.54, 1.807) is 17.0 Å². The summed E-state index contributed by atoms with van der Waals surface area (Å²) in [5, 5.41) is 0.595. The van der Waals surface area contributed by atoms with Gasteiger partial charge in [-0.3, -0.25) is 9.69 Å². The second-order valence-corrected chi connectivity index (χ2v) is 8.19. The highest BCUT2D eigenvalue weighted by Gasteiger charge is 2.40. The zero-order valence-electron chi connectivity index (χ0n) is 17.0. The van der Waals surface area contributed by atoms with E-state index in [-0.39, 0.29) is 17.8 Å². The molecule has 2 aromatic rings. The molecule has 2 fully saturated rings. The first-order valence-electron chi connectivity index (χ1n) is 10.3. The van der Waals surface area contributed by atoms with Gasteiger partial charge in [0.25, 0.3) is 5.91 Å². The van der Waals surface area contributed by atoms with Gasteiger partial charge in [0.05, 0.1) is 0 Å². The second-order valence-electron chi connectivity index (χ2n) is 7.82. The Morgan fingerprint density at radius 1 is 1.07 bits per heavy atom. The Bertz CT molecular complexity index is 950. The summed E-state index contributed by atoms with van der Waals surface area (Å²) in [5.74, 6) is 0.446. The highest BCUT2D eigenvalue weighted by molar-refractivity contribution is 7.80. The number of likely N-dealkylation sites (N-methyl/N-ethyl adjacent to an activating group) is 1. The van der Waals surface area contributed by atoms with Crippen molar-refractivity contribution in [3.8, 4) is 5.75 Å². The van der Waals surface area contributed by atoms with Gasteiger partial charge in [0.2, 0.25) is 0 Å². The fourth-order valence-electron chi connectivity index (χ4n) is 4.00. The average molecular weight is 425 g/mol. The van der Waals surface area contributed by atoms with Crippen LogP contribution in [-0.2, 0) is 11.4 Å². The lowest BCUT2D eigenvalue weighted by Gasteiger charge is -2.30. The summed E-state index contributed by atoms with van der Waals surface area (Å²) in [6.07, 6.45) is 7.46. The molecule has 0 unspecified atom stereocenters. The molecule has 1 saturated carbocycles. The first-order chi connectivity index (χ1) is 14.5. The first kappa shape index (κ1) is 20.5. The van der Waals surface area contributed by atoms with Crippen LogP contribution in [0.15, 0.2) is 54.2 Å². The molecular formula is C24H25FN2O2S. The van der Waals surface area contributed by atoms with Gasteiger partial charge in [0.15, 0.2) is 5.11 Å². The van der Waals surface area contributed by atoms with Crippen LogP contribution >= 0.6 is 12.2 Å². The van der Waals surface area contributed by atoms with E-state index in [9.17, 15) is 9.18 Å². The van der Waals surface area contributed by atoms with Crippen LogP contribution in [0.4, 0.5) is 4.39 Å². The van der Waals surface area contributed by atoms with Gasteiger partial charge in [-0.25, -0.2) is 4.39 Å². The van der Waals surface area contributed by atoms with E-state index < -0.39 is 0 Å². The Morgan fingerprint density at radius 3 is 2.40 bits per heavy atom. The molecule has 0 aromatic heterocycles. The minimum Gasteiger partial charge on any atom is -0.489 e. The van der Waals surface area contributed by atoms with Crippen molar-refractivity contribution in [2.24, 2.45) is 0 Å². The molecule has 0 atom stereocenters. The maximum Gasteiger partial charge on any atom is 0.277 e. The van der Waals surface area contributed by atoms with Gasteiger partial charge in [-0.2, -0.15) is 0 Å². The summed E-state index contributed by atoms with van der Waals surface area (Å²) >= 11 is 5.57. The SMILES string of the molecule is CN1C(=S)N(C2CCCCC2)C(=O)/C1=C/c1ccc(OCc2ccc(F)cc2)cc1. The number of hydrogen-bond acceptors (Lipinski definition) is 3. The third kappa shape index (κ3) is 4.38. The van der Waals surface area contributed by atoms with Crippen molar-refractivity contribution < 1.29 is 13.9 Å². The number of halogens is 1. The van der Waals surface area contributed by atoms with E-state index in [0.29, 0.717) is 23.2 Å². The van der Waals surface area contributed by atoms with Gasteiger partial charge in [-0.05, 0) is 66.5 Å². The number of thiocarbonyl (C=S) groups is 1. The van der Waals surface area contributed by atoms with Crippen molar-refractivity contribution >= 4 is 29.3 Å². The summed E-state index contributed by atoms with van der Waals surface area (Å²) in [7, 11) is 1.86. The average Bonchev–Trinajstić information content (AvgIpc) is 2.98. The van der Waals surface area contributed by atoms with Crippen LogP contribution in [0.25, 0.3) is 6.08 Å². The minimum atomic E-state index is -0.260. The number of rotatable bonds is 5. The zero-order chi connectivity index (χ0) is 21.1. The Kier molecular flexibility index (Phi) is 6.13. The van der Waals surface area contributed by atoms with Gasteiger partial charge >= 0.3 is 0 Å². The summed E-state index contributed by atoms with van der Waals surface area (Å²) in [5.41, 5.74) is 2.41. The second kappa shape index (κ2) is 8.96. The summed E-state index contributed by atoms with van der Waals surface area (Å²) in [6.45, 7) is 0.368. The molecule has 2 aromatic carbocycles. The first-order valence-corrected chi connectivity index (χ1v) is 10.7. The molecule has 0 radical (unpaired) electrons. The molecule has 30 heavy (non-hydrogen) atoms. The fourth-order valence-corrected chi connectivity index (χ4v) is 4.33. The van der Waals surface area contributed by atoms with Crippen LogP contribution in [0.2, 0.25) is 0 Å². The molecule has 2 aliphatic rings. The molecule has 4 rings (SSSR count). The Hall–Kier alpha value is -2.73. The monoisotopic (exact) mass is 424 g/mol. The van der Waals surface area contributed by atoms with Gasteiger partial charge in [0.1, 0.15) is 23.9 Å². The largest absolute Gasteiger partial charge is 0.489 e. The molecular weight excluding hydrogens is 399 g/mol. The Labute approximate surface area is 181 Å². The van der Waals surface area contributed by atoms with Crippen LogP contribution in [0.1, 0.15) is 43.2 Å². The van der Waals surface area contributed by atoms with Gasteiger partial charge < -0.3 is 9.64 Å². The predicted octanol–water partition coefficient (Wildman–Crippen LogP) is 5.14. The number of carbonyl (C=O) groups is 1. The van der Waals surface area contributed by atoms with E-state index in [2.05, 4.69) is 0 Å². The molecule has 1 amide bonds.